The minimum Gasteiger partial charge on any atom is -0.356 e. The minimum absolute atomic E-state index is 0.229. The van der Waals surface area contributed by atoms with Gasteiger partial charge in [0.15, 0.2) is 0 Å². The van der Waals surface area contributed by atoms with Crippen molar-refractivity contribution in [3.05, 3.63) is 23.1 Å². The Morgan fingerprint density at radius 3 is 2.44 bits per heavy atom. The summed E-state index contributed by atoms with van der Waals surface area (Å²) >= 11 is 0. The quantitative estimate of drug-likeness (QED) is 0.679. The number of nitrogens with zero attached hydrogens (tertiary/aromatic N) is 5. The van der Waals surface area contributed by atoms with Crippen molar-refractivity contribution >= 4 is 21.8 Å². The van der Waals surface area contributed by atoms with Crippen molar-refractivity contribution in [2.75, 3.05) is 36.4 Å². The predicted octanol–water partition coefficient (Wildman–Crippen LogP) is 1.13. The van der Waals surface area contributed by atoms with Crippen molar-refractivity contribution in [2.45, 2.75) is 38.5 Å². The van der Waals surface area contributed by atoms with Crippen LogP contribution in [0.3, 0.4) is 0 Å². The number of sulfonamides is 1. The molecule has 0 unspecified atom stereocenters. The Balaban J connectivity index is 1.60. The first-order chi connectivity index (χ1) is 12.8. The molecule has 0 radical (unpaired) electrons. The highest BCUT2D eigenvalue weighted by Gasteiger charge is 2.23. The first kappa shape index (κ1) is 19.6. The Labute approximate surface area is 160 Å². The SMILES string of the molecule is Cc1cc(N2CCCC2)nc(NCCNS(=O)(=O)c2c(C)nn(C)c2C)n1. The van der Waals surface area contributed by atoms with E-state index in [-0.39, 0.29) is 11.4 Å². The lowest BCUT2D eigenvalue weighted by Crippen LogP contribution is -2.30. The highest BCUT2D eigenvalue weighted by molar-refractivity contribution is 7.89. The molecule has 2 N–H and O–H groups in total. The molecule has 0 spiro atoms. The van der Waals surface area contributed by atoms with Gasteiger partial charge < -0.3 is 10.2 Å². The van der Waals surface area contributed by atoms with E-state index in [2.05, 4.69) is 30.0 Å². The average Bonchev–Trinajstić information content (AvgIpc) is 3.20. The van der Waals surface area contributed by atoms with Crippen LogP contribution in [-0.4, -0.2) is 54.3 Å². The van der Waals surface area contributed by atoms with Gasteiger partial charge in [-0.15, -0.1) is 0 Å². The zero-order valence-electron chi connectivity index (χ0n) is 16.3. The van der Waals surface area contributed by atoms with E-state index in [1.807, 2.05) is 13.0 Å². The van der Waals surface area contributed by atoms with Crippen LogP contribution in [0.15, 0.2) is 11.0 Å². The number of rotatable bonds is 7. The molecule has 1 aliphatic rings. The summed E-state index contributed by atoms with van der Waals surface area (Å²) in [7, 11) is -1.87. The molecule has 0 aromatic carbocycles. The fourth-order valence-electron chi connectivity index (χ4n) is 3.31. The van der Waals surface area contributed by atoms with Crippen molar-refractivity contribution in [1.29, 1.82) is 0 Å². The van der Waals surface area contributed by atoms with Gasteiger partial charge in [0.1, 0.15) is 10.7 Å². The fourth-order valence-corrected chi connectivity index (χ4v) is 4.78. The van der Waals surface area contributed by atoms with E-state index in [1.165, 1.54) is 12.8 Å². The molecule has 27 heavy (non-hydrogen) atoms. The van der Waals surface area contributed by atoms with Crippen molar-refractivity contribution in [3.8, 4) is 0 Å². The second kappa shape index (κ2) is 7.81. The molecule has 9 nitrogen and oxygen atoms in total. The van der Waals surface area contributed by atoms with Gasteiger partial charge in [0, 0.05) is 45.0 Å². The van der Waals surface area contributed by atoms with Crippen molar-refractivity contribution in [3.63, 3.8) is 0 Å². The van der Waals surface area contributed by atoms with E-state index >= 15 is 0 Å². The third-order valence-electron chi connectivity index (χ3n) is 4.68. The van der Waals surface area contributed by atoms with Crippen LogP contribution in [0.25, 0.3) is 0 Å². The summed E-state index contributed by atoms with van der Waals surface area (Å²) in [5.41, 5.74) is 1.99. The largest absolute Gasteiger partial charge is 0.356 e. The highest BCUT2D eigenvalue weighted by Crippen LogP contribution is 2.20. The summed E-state index contributed by atoms with van der Waals surface area (Å²) in [5, 5.41) is 7.28. The Hall–Kier alpha value is -2.20. The standard InChI is InChI=1S/C17H27N7O2S/c1-12-11-15(24-9-5-6-10-24)21-17(20-12)18-7-8-19-27(25,26)16-13(2)22-23(4)14(16)3/h11,19H,5-10H2,1-4H3,(H,18,20,21). The number of hydrogen-bond donors (Lipinski definition) is 2. The van der Waals surface area contributed by atoms with E-state index in [9.17, 15) is 8.42 Å². The molecular weight excluding hydrogens is 366 g/mol. The normalized spacial score (nSPS) is 14.7. The van der Waals surface area contributed by atoms with Crippen LogP contribution in [0.4, 0.5) is 11.8 Å². The maximum absolute atomic E-state index is 12.6. The van der Waals surface area contributed by atoms with Gasteiger partial charge in [0.2, 0.25) is 16.0 Å². The average molecular weight is 394 g/mol. The number of aromatic nitrogens is 4. The summed E-state index contributed by atoms with van der Waals surface area (Å²) in [4.78, 5) is 11.4. The minimum atomic E-state index is -3.61. The Morgan fingerprint density at radius 2 is 1.81 bits per heavy atom. The smallest absolute Gasteiger partial charge is 0.244 e. The molecule has 10 heteroatoms. The van der Waals surface area contributed by atoms with Crippen LogP contribution < -0.4 is 14.9 Å². The van der Waals surface area contributed by atoms with Gasteiger partial charge in [-0.05, 0) is 33.6 Å². The van der Waals surface area contributed by atoms with Crippen LogP contribution >= 0.6 is 0 Å². The molecule has 3 heterocycles. The molecule has 3 rings (SSSR count). The summed E-state index contributed by atoms with van der Waals surface area (Å²) in [6.45, 7) is 8.02. The van der Waals surface area contributed by atoms with Crippen LogP contribution in [0.2, 0.25) is 0 Å². The lowest BCUT2D eigenvalue weighted by molar-refractivity contribution is 0.581. The maximum atomic E-state index is 12.6. The number of aryl methyl sites for hydroxylation is 3. The van der Waals surface area contributed by atoms with Crippen LogP contribution in [0.1, 0.15) is 29.9 Å². The molecule has 0 aliphatic carbocycles. The number of nitrogens with one attached hydrogen (secondary N) is 2. The zero-order valence-corrected chi connectivity index (χ0v) is 17.1. The molecule has 0 saturated carbocycles. The van der Waals surface area contributed by atoms with E-state index < -0.39 is 10.0 Å². The molecule has 1 fully saturated rings. The lowest BCUT2D eigenvalue weighted by Gasteiger charge is -2.17. The second-order valence-electron chi connectivity index (χ2n) is 6.83. The molecule has 1 aliphatic heterocycles. The Bertz CT molecular complexity index is 918. The van der Waals surface area contributed by atoms with Gasteiger partial charge in [0.05, 0.1) is 11.4 Å². The molecule has 1 saturated heterocycles. The number of hydrogen-bond acceptors (Lipinski definition) is 7. The van der Waals surface area contributed by atoms with Crippen LogP contribution in [-0.2, 0) is 17.1 Å². The Kier molecular flexibility index (Phi) is 5.66. The summed E-state index contributed by atoms with van der Waals surface area (Å²) in [5.74, 6) is 1.44. The summed E-state index contributed by atoms with van der Waals surface area (Å²) < 4.78 is 29.3. The molecule has 0 amide bonds. The van der Waals surface area contributed by atoms with Gasteiger partial charge in [0.25, 0.3) is 0 Å². The van der Waals surface area contributed by atoms with Gasteiger partial charge in [-0.25, -0.2) is 18.1 Å². The fraction of sp³-hybridized carbons (Fsp3) is 0.588. The summed E-state index contributed by atoms with van der Waals surface area (Å²) in [6, 6.07) is 1.98. The molecule has 0 bridgehead atoms. The van der Waals surface area contributed by atoms with E-state index in [1.54, 1.807) is 25.6 Å². The van der Waals surface area contributed by atoms with Crippen LogP contribution in [0.5, 0.6) is 0 Å². The second-order valence-corrected chi connectivity index (χ2v) is 8.54. The lowest BCUT2D eigenvalue weighted by atomic mass is 10.4. The Morgan fingerprint density at radius 1 is 1.11 bits per heavy atom. The third kappa shape index (κ3) is 4.38. The summed E-state index contributed by atoms with van der Waals surface area (Å²) in [6.07, 6.45) is 2.36. The molecule has 148 valence electrons. The monoisotopic (exact) mass is 393 g/mol. The van der Waals surface area contributed by atoms with Gasteiger partial charge in [-0.2, -0.15) is 10.1 Å². The third-order valence-corrected chi connectivity index (χ3v) is 6.39. The molecule has 2 aromatic heterocycles. The number of anilines is 2. The van der Waals surface area contributed by atoms with Crippen LogP contribution in [0, 0.1) is 20.8 Å². The maximum Gasteiger partial charge on any atom is 0.244 e. The predicted molar refractivity (Wildman–Crippen MR) is 105 cm³/mol. The molecular formula is C17H27N7O2S. The topological polar surface area (TPSA) is 105 Å². The van der Waals surface area contributed by atoms with Crippen molar-refractivity contribution in [2.24, 2.45) is 7.05 Å². The van der Waals surface area contributed by atoms with Crippen molar-refractivity contribution in [1.82, 2.24) is 24.5 Å². The van der Waals surface area contributed by atoms with Crippen molar-refractivity contribution < 1.29 is 8.42 Å². The van der Waals surface area contributed by atoms with E-state index in [4.69, 9.17) is 0 Å². The van der Waals surface area contributed by atoms with Gasteiger partial charge >= 0.3 is 0 Å². The van der Waals surface area contributed by atoms with E-state index in [0.717, 1.165) is 24.6 Å². The first-order valence-electron chi connectivity index (χ1n) is 9.12. The van der Waals surface area contributed by atoms with Gasteiger partial charge in [-0.1, -0.05) is 0 Å². The molecule has 2 aromatic rings. The zero-order chi connectivity index (χ0) is 19.6. The van der Waals surface area contributed by atoms with E-state index in [0.29, 0.717) is 23.9 Å². The first-order valence-corrected chi connectivity index (χ1v) is 10.6. The highest BCUT2D eigenvalue weighted by atomic mass is 32.2. The molecule has 0 atom stereocenters. The van der Waals surface area contributed by atoms with Gasteiger partial charge in [-0.3, -0.25) is 4.68 Å².